The zero-order valence-corrected chi connectivity index (χ0v) is 17.5. The second-order valence-electron chi connectivity index (χ2n) is 7.56. The molecule has 7 nitrogen and oxygen atoms in total. The Kier molecular flexibility index (Phi) is 4.92. The van der Waals surface area contributed by atoms with Gasteiger partial charge in [0, 0.05) is 31.3 Å². The maximum absolute atomic E-state index is 12.6. The monoisotopic (exact) mass is 418 g/mol. The van der Waals surface area contributed by atoms with E-state index >= 15 is 0 Å². The summed E-state index contributed by atoms with van der Waals surface area (Å²) in [6.07, 6.45) is 5.25. The number of anilines is 2. The van der Waals surface area contributed by atoms with Gasteiger partial charge in [0.05, 0.1) is 11.2 Å². The number of rotatable bonds is 4. The topological polar surface area (TPSA) is 75.9 Å². The highest BCUT2D eigenvalue weighted by atomic mass is 32.1. The van der Waals surface area contributed by atoms with Crippen LogP contribution < -0.4 is 10.2 Å². The maximum atomic E-state index is 12.6. The molecule has 1 aliphatic rings. The minimum absolute atomic E-state index is 0.0124. The fraction of sp³-hybridized carbons (Fsp3) is 0.273. The van der Waals surface area contributed by atoms with Crippen LogP contribution in [0.3, 0.4) is 0 Å². The summed E-state index contributed by atoms with van der Waals surface area (Å²) in [4.78, 5) is 23.8. The van der Waals surface area contributed by atoms with E-state index in [1.54, 1.807) is 6.33 Å². The second-order valence-corrected chi connectivity index (χ2v) is 8.37. The molecular weight excluding hydrogens is 396 g/mol. The van der Waals surface area contributed by atoms with Crippen molar-refractivity contribution in [1.82, 2.24) is 18.9 Å². The Morgan fingerprint density at radius 2 is 1.90 bits per heavy atom. The molecule has 5 rings (SSSR count). The molecule has 4 aromatic rings. The van der Waals surface area contributed by atoms with E-state index in [0.29, 0.717) is 0 Å². The van der Waals surface area contributed by atoms with Crippen molar-refractivity contribution in [3.63, 3.8) is 0 Å². The lowest BCUT2D eigenvalue weighted by Crippen LogP contribution is -2.38. The Bertz CT molecular complexity index is 1190. The number of para-hydroxylation sites is 1. The van der Waals surface area contributed by atoms with Crippen LogP contribution in [0.2, 0.25) is 0 Å². The Hall–Kier alpha value is -3.26. The fourth-order valence-electron chi connectivity index (χ4n) is 3.94. The molecule has 0 spiro atoms. The zero-order valence-electron chi connectivity index (χ0n) is 16.7. The number of hydrogen-bond acceptors (Lipinski definition) is 6. The van der Waals surface area contributed by atoms with Crippen molar-refractivity contribution < 1.29 is 4.79 Å². The molecule has 1 aliphatic heterocycles. The standard InChI is InChI=1S/C22H22N6OS/c1-15-12-21(30-26-15)25-22(29)17-6-9-27(10-7-17)19-13-20(24-14-23-19)28-11-8-16-4-2-3-5-18(16)28/h2-5,8,11-14,17H,6-7,9-10H2,1H3,(H,25,29). The number of fused-ring (bicyclic) bond motifs is 1. The van der Waals surface area contributed by atoms with E-state index in [0.717, 1.165) is 53.8 Å². The molecule has 1 N–H and O–H groups in total. The first kappa shape index (κ1) is 18.7. The van der Waals surface area contributed by atoms with E-state index < -0.39 is 0 Å². The summed E-state index contributed by atoms with van der Waals surface area (Å²) in [5, 5.41) is 5.00. The predicted molar refractivity (Wildman–Crippen MR) is 119 cm³/mol. The molecule has 30 heavy (non-hydrogen) atoms. The molecule has 0 unspecified atom stereocenters. The molecule has 0 atom stereocenters. The number of aromatic nitrogens is 4. The molecule has 4 heterocycles. The minimum Gasteiger partial charge on any atom is -0.356 e. The maximum Gasteiger partial charge on any atom is 0.228 e. The lowest BCUT2D eigenvalue weighted by molar-refractivity contribution is -0.120. The number of hydrogen-bond donors (Lipinski definition) is 1. The van der Waals surface area contributed by atoms with Gasteiger partial charge in [-0.2, -0.15) is 4.37 Å². The first-order valence-electron chi connectivity index (χ1n) is 10.0. The van der Waals surface area contributed by atoms with E-state index in [-0.39, 0.29) is 11.8 Å². The van der Waals surface area contributed by atoms with Gasteiger partial charge >= 0.3 is 0 Å². The van der Waals surface area contributed by atoms with Crippen LogP contribution in [0.5, 0.6) is 0 Å². The highest BCUT2D eigenvalue weighted by molar-refractivity contribution is 7.10. The Labute approximate surface area is 178 Å². The van der Waals surface area contributed by atoms with E-state index in [4.69, 9.17) is 0 Å². The number of benzene rings is 1. The summed E-state index contributed by atoms with van der Waals surface area (Å²) < 4.78 is 6.30. The van der Waals surface area contributed by atoms with E-state index in [2.05, 4.69) is 47.3 Å². The molecule has 1 fully saturated rings. The van der Waals surface area contributed by atoms with Crippen molar-refractivity contribution in [1.29, 1.82) is 0 Å². The summed E-state index contributed by atoms with van der Waals surface area (Å²) in [6, 6.07) is 14.3. The van der Waals surface area contributed by atoms with Crippen molar-refractivity contribution in [3.05, 3.63) is 60.7 Å². The van der Waals surface area contributed by atoms with Gasteiger partial charge in [-0.15, -0.1) is 0 Å². The van der Waals surface area contributed by atoms with Crippen LogP contribution in [0.1, 0.15) is 18.5 Å². The van der Waals surface area contributed by atoms with Gasteiger partial charge in [0.25, 0.3) is 0 Å². The van der Waals surface area contributed by atoms with Crippen molar-refractivity contribution >= 4 is 39.2 Å². The molecule has 152 valence electrons. The number of carbonyl (C=O) groups excluding carboxylic acids is 1. The summed E-state index contributed by atoms with van der Waals surface area (Å²) in [5.41, 5.74) is 2.05. The third kappa shape index (κ3) is 3.66. The molecule has 3 aromatic heterocycles. The van der Waals surface area contributed by atoms with Crippen LogP contribution >= 0.6 is 11.5 Å². The average molecular weight is 419 g/mol. The van der Waals surface area contributed by atoms with Crippen LogP contribution in [-0.2, 0) is 4.79 Å². The van der Waals surface area contributed by atoms with Gasteiger partial charge in [0.2, 0.25) is 5.91 Å². The number of nitrogens with one attached hydrogen (secondary N) is 1. The van der Waals surface area contributed by atoms with Gasteiger partial charge in [-0.1, -0.05) is 18.2 Å². The molecule has 0 aliphatic carbocycles. The molecule has 1 amide bonds. The highest BCUT2D eigenvalue weighted by Gasteiger charge is 2.26. The van der Waals surface area contributed by atoms with E-state index in [1.807, 2.05) is 37.4 Å². The Morgan fingerprint density at radius 3 is 2.70 bits per heavy atom. The molecule has 8 heteroatoms. The van der Waals surface area contributed by atoms with Gasteiger partial charge in [-0.25, -0.2) is 9.97 Å². The summed E-state index contributed by atoms with van der Waals surface area (Å²) in [6.45, 7) is 3.52. The number of carbonyl (C=O) groups is 1. The number of piperidine rings is 1. The van der Waals surface area contributed by atoms with Crippen molar-refractivity contribution in [2.75, 3.05) is 23.3 Å². The lowest BCUT2D eigenvalue weighted by Gasteiger charge is -2.32. The Morgan fingerprint density at radius 1 is 1.10 bits per heavy atom. The zero-order chi connectivity index (χ0) is 20.5. The average Bonchev–Trinajstić information content (AvgIpc) is 3.40. The summed E-state index contributed by atoms with van der Waals surface area (Å²) in [7, 11) is 0. The molecule has 0 bridgehead atoms. The molecule has 0 radical (unpaired) electrons. The molecule has 0 saturated carbocycles. The third-order valence-corrected chi connectivity index (χ3v) is 6.34. The minimum atomic E-state index is 0.0124. The first-order chi connectivity index (χ1) is 14.7. The van der Waals surface area contributed by atoms with Crippen LogP contribution in [-0.4, -0.2) is 37.9 Å². The Balaban J connectivity index is 1.27. The second kappa shape index (κ2) is 7.87. The van der Waals surface area contributed by atoms with Crippen LogP contribution in [0.15, 0.2) is 55.0 Å². The van der Waals surface area contributed by atoms with E-state index in [9.17, 15) is 4.79 Å². The fourth-order valence-corrected chi connectivity index (χ4v) is 4.61. The quantitative estimate of drug-likeness (QED) is 0.541. The SMILES string of the molecule is Cc1cc(NC(=O)C2CCN(c3cc(-n4ccc5ccccc54)ncn3)CC2)sn1. The number of nitrogens with zero attached hydrogens (tertiary/aromatic N) is 5. The van der Waals surface area contributed by atoms with Crippen molar-refractivity contribution in [2.24, 2.45) is 5.92 Å². The normalized spacial score (nSPS) is 14.9. The highest BCUT2D eigenvalue weighted by Crippen LogP contribution is 2.26. The molecule has 1 saturated heterocycles. The van der Waals surface area contributed by atoms with Gasteiger partial charge in [-0.3, -0.25) is 4.79 Å². The van der Waals surface area contributed by atoms with Crippen LogP contribution in [0.4, 0.5) is 10.8 Å². The van der Waals surface area contributed by atoms with E-state index in [1.165, 1.54) is 16.9 Å². The van der Waals surface area contributed by atoms with Crippen molar-refractivity contribution in [2.45, 2.75) is 19.8 Å². The van der Waals surface area contributed by atoms with Gasteiger partial charge in [0.15, 0.2) is 0 Å². The molecular formula is C22H22N6OS. The largest absolute Gasteiger partial charge is 0.356 e. The number of aryl methyl sites for hydroxylation is 1. The predicted octanol–water partition coefficient (Wildman–Crippen LogP) is 4.04. The third-order valence-electron chi connectivity index (χ3n) is 5.55. The van der Waals surface area contributed by atoms with Crippen LogP contribution in [0.25, 0.3) is 16.7 Å². The summed E-state index contributed by atoms with van der Waals surface area (Å²) >= 11 is 1.33. The smallest absolute Gasteiger partial charge is 0.228 e. The van der Waals surface area contributed by atoms with Gasteiger partial charge in [-0.05, 0) is 54.9 Å². The van der Waals surface area contributed by atoms with Crippen molar-refractivity contribution in [3.8, 4) is 5.82 Å². The van der Waals surface area contributed by atoms with Gasteiger partial charge < -0.3 is 14.8 Å². The lowest BCUT2D eigenvalue weighted by atomic mass is 9.96. The van der Waals surface area contributed by atoms with Crippen LogP contribution in [0, 0.1) is 12.8 Å². The summed E-state index contributed by atoms with van der Waals surface area (Å²) in [5.74, 6) is 1.84. The first-order valence-corrected chi connectivity index (χ1v) is 10.8. The molecule has 1 aromatic carbocycles. The van der Waals surface area contributed by atoms with Gasteiger partial charge in [0.1, 0.15) is 23.0 Å². The number of amides is 1.